The first-order chi connectivity index (χ1) is 17.3. The molecule has 0 unspecified atom stereocenters. The zero-order chi connectivity index (χ0) is 22.8. The summed E-state index contributed by atoms with van der Waals surface area (Å²) < 4.78 is 6.67. The molecule has 4 nitrogen and oxygen atoms in total. The van der Waals surface area contributed by atoms with Crippen LogP contribution in [0.3, 0.4) is 0 Å². The summed E-state index contributed by atoms with van der Waals surface area (Å²) in [6, 6.07) is 35.8. The van der Waals surface area contributed by atoms with Crippen molar-refractivity contribution in [1.82, 2.24) is 13.4 Å². The molecule has 0 atom stereocenters. The molecule has 0 saturated heterocycles. The number of hydrogen-bond acceptors (Lipinski definition) is 1. The maximum atomic E-state index is 14.0. The van der Waals surface area contributed by atoms with Gasteiger partial charge in [-0.05, 0) is 47.9 Å². The Morgan fingerprint density at radius 2 is 1.03 bits per heavy atom. The lowest BCUT2D eigenvalue weighted by atomic mass is 10.0. The molecule has 0 bridgehead atoms. The summed E-state index contributed by atoms with van der Waals surface area (Å²) in [4.78, 5) is 14.0. The van der Waals surface area contributed by atoms with Gasteiger partial charge in [0.25, 0.3) is 5.56 Å². The highest BCUT2D eigenvalue weighted by molar-refractivity contribution is 6.19. The Kier molecular flexibility index (Phi) is 2.92. The minimum absolute atomic E-state index is 0.0253. The number of pyridine rings is 1. The minimum atomic E-state index is 0.0253. The molecule has 0 aliphatic carbocycles. The molecule has 0 saturated carbocycles. The van der Waals surface area contributed by atoms with E-state index in [0.29, 0.717) is 0 Å². The highest BCUT2D eigenvalue weighted by atomic mass is 16.1. The van der Waals surface area contributed by atoms with Gasteiger partial charge in [-0.25, -0.2) is 0 Å². The van der Waals surface area contributed by atoms with E-state index in [1.807, 2.05) is 22.6 Å². The molecule has 0 fully saturated rings. The standard InChI is InChI=1S/C31H17N3O/c35-31-22-10-2-1-8-18(22)20-11-7-15-26-28(20)34(31)27-17-16-21-19-9-3-4-12-23(19)32-24-13-5-6-14-25(24)33(26)30(27)29(21)32/h1-17H. The third-order valence-electron chi connectivity index (χ3n) is 7.75. The molecule has 162 valence electrons. The van der Waals surface area contributed by atoms with E-state index in [1.54, 1.807) is 0 Å². The number of hydrogen-bond donors (Lipinski definition) is 0. The third-order valence-corrected chi connectivity index (χ3v) is 7.75. The summed E-state index contributed by atoms with van der Waals surface area (Å²) in [7, 11) is 0. The quantitative estimate of drug-likeness (QED) is 0.182. The number of fused-ring (bicyclic) bond motifs is 10. The lowest BCUT2D eigenvalue weighted by Gasteiger charge is -2.25. The Morgan fingerprint density at radius 1 is 0.400 bits per heavy atom. The van der Waals surface area contributed by atoms with E-state index < -0.39 is 0 Å². The molecule has 4 heterocycles. The molecule has 0 radical (unpaired) electrons. The Bertz CT molecular complexity index is 2350. The van der Waals surface area contributed by atoms with Gasteiger partial charge in [0.1, 0.15) is 0 Å². The van der Waals surface area contributed by atoms with Crippen LogP contribution in [0.15, 0.2) is 108 Å². The van der Waals surface area contributed by atoms with E-state index in [2.05, 4.69) is 93.9 Å². The number of benzene rings is 5. The zero-order valence-electron chi connectivity index (χ0n) is 18.6. The molecule has 2 aromatic heterocycles. The van der Waals surface area contributed by atoms with Crippen LogP contribution in [0.5, 0.6) is 0 Å². The van der Waals surface area contributed by atoms with Crippen LogP contribution in [0.2, 0.25) is 0 Å². The van der Waals surface area contributed by atoms with Gasteiger partial charge in [0.2, 0.25) is 0 Å². The molecule has 5 aromatic carbocycles. The topological polar surface area (TPSA) is 30.8 Å². The van der Waals surface area contributed by atoms with Gasteiger partial charge >= 0.3 is 0 Å². The molecule has 0 spiro atoms. The maximum absolute atomic E-state index is 14.0. The molecule has 2 aliphatic heterocycles. The molecule has 7 aromatic rings. The Morgan fingerprint density at radius 3 is 1.89 bits per heavy atom. The molecule has 4 heteroatoms. The molecular formula is C31H17N3O. The summed E-state index contributed by atoms with van der Waals surface area (Å²) in [5, 5.41) is 5.25. The van der Waals surface area contributed by atoms with Crippen molar-refractivity contribution in [3.05, 3.63) is 113 Å². The van der Waals surface area contributed by atoms with Crippen molar-refractivity contribution in [3.63, 3.8) is 0 Å². The smallest absolute Gasteiger partial charge is 0.263 e. The highest BCUT2D eigenvalue weighted by Crippen LogP contribution is 2.42. The average molecular weight is 447 g/mol. The monoisotopic (exact) mass is 447 g/mol. The van der Waals surface area contributed by atoms with Crippen molar-refractivity contribution in [1.29, 1.82) is 0 Å². The van der Waals surface area contributed by atoms with Crippen LogP contribution in [0, 0.1) is 0 Å². The lowest BCUT2D eigenvalue weighted by molar-refractivity contribution is 1.07. The van der Waals surface area contributed by atoms with Crippen molar-refractivity contribution in [2.24, 2.45) is 0 Å². The minimum Gasteiger partial charge on any atom is -0.305 e. The van der Waals surface area contributed by atoms with Crippen LogP contribution < -0.4 is 5.56 Å². The lowest BCUT2D eigenvalue weighted by Crippen LogP contribution is -2.20. The van der Waals surface area contributed by atoms with Crippen LogP contribution in [0.25, 0.3) is 71.2 Å². The first-order valence-electron chi connectivity index (χ1n) is 11.9. The van der Waals surface area contributed by atoms with Crippen molar-refractivity contribution in [2.45, 2.75) is 0 Å². The predicted octanol–water partition coefficient (Wildman–Crippen LogP) is 6.98. The molecule has 35 heavy (non-hydrogen) atoms. The summed E-state index contributed by atoms with van der Waals surface area (Å²) in [6.45, 7) is 0. The van der Waals surface area contributed by atoms with Crippen molar-refractivity contribution in [3.8, 4) is 5.69 Å². The maximum Gasteiger partial charge on any atom is 0.263 e. The number of nitrogens with zero attached hydrogens (tertiary/aromatic N) is 3. The Labute approximate surface area is 198 Å². The highest BCUT2D eigenvalue weighted by Gasteiger charge is 2.26. The summed E-state index contributed by atoms with van der Waals surface area (Å²) in [5.74, 6) is 0. The van der Waals surface area contributed by atoms with Crippen molar-refractivity contribution in [2.75, 3.05) is 0 Å². The average Bonchev–Trinajstić information content (AvgIpc) is 3.26. The van der Waals surface area contributed by atoms with E-state index in [-0.39, 0.29) is 5.56 Å². The van der Waals surface area contributed by atoms with Crippen molar-refractivity contribution >= 4 is 65.5 Å². The molecular weight excluding hydrogens is 430 g/mol. The SMILES string of the molecule is O=c1c2ccccc2c2cccc3c2n1c1ccc2c4ccccc4n4c5ccccc5n3-c1c24. The fraction of sp³-hybridized carbons (Fsp3) is 0. The van der Waals surface area contributed by atoms with Crippen LogP contribution in [-0.4, -0.2) is 13.4 Å². The third kappa shape index (κ3) is 1.87. The van der Waals surface area contributed by atoms with Gasteiger partial charge in [-0.15, -0.1) is 0 Å². The first kappa shape index (κ1) is 17.6. The van der Waals surface area contributed by atoms with Gasteiger partial charge in [0.15, 0.2) is 0 Å². The van der Waals surface area contributed by atoms with Crippen LogP contribution >= 0.6 is 0 Å². The molecule has 0 amide bonds. The van der Waals surface area contributed by atoms with Gasteiger partial charge in [-0.3, -0.25) is 9.20 Å². The Hall–Kier alpha value is -4.83. The number of rotatable bonds is 0. The van der Waals surface area contributed by atoms with E-state index in [0.717, 1.165) is 54.9 Å². The van der Waals surface area contributed by atoms with Crippen molar-refractivity contribution < 1.29 is 0 Å². The summed E-state index contributed by atoms with van der Waals surface area (Å²) in [6.07, 6.45) is 0. The summed E-state index contributed by atoms with van der Waals surface area (Å²) >= 11 is 0. The zero-order valence-corrected chi connectivity index (χ0v) is 18.6. The number of para-hydroxylation sites is 4. The number of aromatic nitrogens is 3. The second-order valence-electron chi connectivity index (χ2n) is 9.37. The molecule has 0 N–H and O–H groups in total. The fourth-order valence-electron chi connectivity index (χ4n) is 6.41. The normalized spacial score (nSPS) is 12.7. The van der Waals surface area contributed by atoms with Gasteiger partial charge in [-0.2, -0.15) is 0 Å². The van der Waals surface area contributed by atoms with E-state index in [1.165, 1.54) is 16.3 Å². The fourth-order valence-corrected chi connectivity index (χ4v) is 6.41. The first-order valence-corrected chi connectivity index (χ1v) is 11.9. The van der Waals surface area contributed by atoms with Crippen LogP contribution in [-0.2, 0) is 0 Å². The predicted molar refractivity (Wildman–Crippen MR) is 144 cm³/mol. The molecule has 2 aliphatic rings. The summed E-state index contributed by atoms with van der Waals surface area (Å²) in [5.41, 5.74) is 8.61. The van der Waals surface area contributed by atoms with E-state index in [4.69, 9.17) is 0 Å². The van der Waals surface area contributed by atoms with Gasteiger partial charge in [-0.1, -0.05) is 60.7 Å². The van der Waals surface area contributed by atoms with Crippen LogP contribution in [0.4, 0.5) is 0 Å². The largest absolute Gasteiger partial charge is 0.305 e. The Balaban J connectivity index is 1.77. The second kappa shape index (κ2) is 5.80. The van der Waals surface area contributed by atoms with Gasteiger partial charge in [0.05, 0.1) is 44.3 Å². The second-order valence-corrected chi connectivity index (χ2v) is 9.37. The van der Waals surface area contributed by atoms with E-state index in [9.17, 15) is 4.79 Å². The van der Waals surface area contributed by atoms with E-state index >= 15 is 0 Å². The molecule has 9 rings (SSSR count). The van der Waals surface area contributed by atoms with Gasteiger partial charge in [0, 0.05) is 21.5 Å². The van der Waals surface area contributed by atoms with Gasteiger partial charge < -0.3 is 8.97 Å². The van der Waals surface area contributed by atoms with Crippen LogP contribution in [0.1, 0.15) is 0 Å².